The molecule has 0 spiro atoms. The highest BCUT2D eigenvalue weighted by atomic mass is 35.5. The molecule has 1 N–H and O–H groups in total. The Kier molecular flexibility index (Phi) is 4.39. The van der Waals surface area contributed by atoms with Gasteiger partial charge in [0.15, 0.2) is 0 Å². The molecule has 1 aliphatic heterocycles. The smallest absolute Gasteiger partial charge is 0.313 e. The fourth-order valence-corrected chi connectivity index (χ4v) is 1.99. The molecule has 1 aromatic carbocycles. The summed E-state index contributed by atoms with van der Waals surface area (Å²) < 4.78 is 5.14. The van der Waals surface area contributed by atoms with Gasteiger partial charge in [-0.25, -0.2) is 0 Å². The van der Waals surface area contributed by atoms with Crippen LogP contribution in [0.1, 0.15) is 5.56 Å². The Morgan fingerprint density at radius 1 is 1.32 bits per heavy atom. The maximum atomic E-state index is 11.9. The number of hydrogen-bond acceptors (Lipinski definition) is 3. The average molecular weight is 283 g/mol. The first-order valence-corrected chi connectivity index (χ1v) is 6.40. The van der Waals surface area contributed by atoms with Crippen molar-refractivity contribution in [2.24, 2.45) is 0 Å². The molecule has 102 valence electrons. The zero-order valence-corrected chi connectivity index (χ0v) is 11.4. The van der Waals surface area contributed by atoms with Crippen LogP contribution < -0.4 is 5.32 Å². The van der Waals surface area contributed by atoms with Gasteiger partial charge in [-0.05, 0) is 24.6 Å². The summed E-state index contributed by atoms with van der Waals surface area (Å²) in [6.07, 6.45) is 0. The molecule has 2 amide bonds. The molecule has 19 heavy (non-hydrogen) atoms. The number of ether oxygens (including phenoxy) is 1. The Bertz CT molecular complexity index is 499. The molecule has 0 aromatic heterocycles. The summed E-state index contributed by atoms with van der Waals surface area (Å²) in [6.45, 7) is 3.66. The summed E-state index contributed by atoms with van der Waals surface area (Å²) in [5, 5.41) is 3.11. The van der Waals surface area contributed by atoms with E-state index in [-0.39, 0.29) is 0 Å². The van der Waals surface area contributed by atoms with Crippen molar-refractivity contribution in [3.8, 4) is 0 Å². The molecule has 1 aliphatic rings. The van der Waals surface area contributed by atoms with Crippen LogP contribution in [0.4, 0.5) is 5.69 Å². The van der Waals surface area contributed by atoms with E-state index < -0.39 is 11.8 Å². The van der Waals surface area contributed by atoms with Gasteiger partial charge in [-0.1, -0.05) is 17.7 Å². The maximum absolute atomic E-state index is 11.9. The number of nitrogens with one attached hydrogen (secondary N) is 1. The van der Waals surface area contributed by atoms with Gasteiger partial charge in [0.2, 0.25) is 0 Å². The van der Waals surface area contributed by atoms with Gasteiger partial charge in [0.25, 0.3) is 0 Å². The Hall–Kier alpha value is -1.59. The van der Waals surface area contributed by atoms with E-state index in [9.17, 15) is 9.59 Å². The number of carbonyl (C=O) groups is 2. The number of carbonyl (C=O) groups excluding carboxylic acids is 2. The molecule has 0 bridgehead atoms. The summed E-state index contributed by atoms with van der Waals surface area (Å²) in [6, 6.07) is 5.15. The Balaban J connectivity index is 2.03. The molecule has 0 aliphatic carbocycles. The van der Waals surface area contributed by atoms with Crippen LogP contribution in [0.3, 0.4) is 0 Å². The zero-order chi connectivity index (χ0) is 13.8. The van der Waals surface area contributed by atoms with Crippen LogP contribution in [-0.2, 0) is 14.3 Å². The average Bonchev–Trinajstić information content (AvgIpc) is 2.43. The predicted molar refractivity (Wildman–Crippen MR) is 72.2 cm³/mol. The summed E-state index contributed by atoms with van der Waals surface area (Å²) in [4.78, 5) is 25.3. The number of anilines is 1. The largest absolute Gasteiger partial charge is 0.378 e. The van der Waals surface area contributed by atoms with Crippen molar-refractivity contribution in [1.29, 1.82) is 0 Å². The molecule has 2 rings (SSSR count). The first-order chi connectivity index (χ1) is 9.08. The van der Waals surface area contributed by atoms with E-state index in [2.05, 4.69) is 5.32 Å². The molecular weight excluding hydrogens is 268 g/mol. The fourth-order valence-electron chi connectivity index (χ4n) is 1.81. The third-order valence-corrected chi connectivity index (χ3v) is 3.18. The van der Waals surface area contributed by atoms with Crippen molar-refractivity contribution < 1.29 is 14.3 Å². The van der Waals surface area contributed by atoms with Crippen LogP contribution in [-0.4, -0.2) is 43.0 Å². The van der Waals surface area contributed by atoms with Crippen LogP contribution >= 0.6 is 11.6 Å². The summed E-state index contributed by atoms with van der Waals surface area (Å²) in [5.41, 5.74) is 1.41. The Labute approximate surface area is 116 Å². The second-order valence-corrected chi connectivity index (χ2v) is 4.75. The van der Waals surface area contributed by atoms with E-state index in [1.54, 1.807) is 18.2 Å². The van der Waals surface area contributed by atoms with Gasteiger partial charge in [-0.15, -0.1) is 0 Å². The third kappa shape index (κ3) is 3.45. The van der Waals surface area contributed by atoms with E-state index in [1.807, 2.05) is 6.92 Å². The second-order valence-electron chi connectivity index (χ2n) is 4.32. The first kappa shape index (κ1) is 13.8. The summed E-state index contributed by atoms with van der Waals surface area (Å²) in [7, 11) is 0. The van der Waals surface area contributed by atoms with E-state index in [4.69, 9.17) is 16.3 Å². The van der Waals surface area contributed by atoms with Crippen LogP contribution in [0.15, 0.2) is 18.2 Å². The molecule has 5 nitrogen and oxygen atoms in total. The van der Waals surface area contributed by atoms with Crippen molar-refractivity contribution in [2.45, 2.75) is 6.92 Å². The van der Waals surface area contributed by atoms with Crippen molar-refractivity contribution >= 4 is 29.1 Å². The van der Waals surface area contributed by atoms with Crippen molar-refractivity contribution in [2.75, 3.05) is 31.6 Å². The minimum Gasteiger partial charge on any atom is -0.378 e. The molecule has 0 atom stereocenters. The third-order valence-electron chi connectivity index (χ3n) is 2.94. The van der Waals surface area contributed by atoms with Gasteiger partial charge in [-0.3, -0.25) is 9.59 Å². The van der Waals surface area contributed by atoms with Crippen molar-refractivity contribution in [3.05, 3.63) is 28.8 Å². The number of rotatable bonds is 1. The van der Waals surface area contributed by atoms with E-state index in [0.29, 0.717) is 37.0 Å². The predicted octanol–water partition coefficient (Wildman–Crippen LogP) is 1.45. The normalized spacial score (nSPS) is 15.2. The molecule has 0 radical (unpaired) electrons. The molecule has 6 heteroatoms. The molecular formula is C13H15ClN2O3. The number of nitrogens with zero attached hydrogens (tertiary/aromatic N) is 1. The Morgan fingerprint density at radius 3 is 2.68 bits per heavy atom. The van der Waals surface area contributed by atoms with Gasteiger partial charge < -0.3 is 15.0 Å². The van der Waals surface area contributed by atoms with Crippen LogP contribution in [0, 0.1) is 6.92 Å². The highest BCUT2D eigenvalue weighted by molar-refractivity contribution is 6.39. The second kappa shape index (κ2) is 6.04. The van der Waals surface area contributed by atoms with Crippen LogP contribution in [0.2, 0.25) is 5.02 Å². The number of aryl methyl sites for hydroxylation is 1. The van der Waals surface area contributed by atoms with Gasteiger partial charge in [0.05, 0.1) is 13.2 Å². The summed E-state index contributed by atoms with van der Waals surface area (Å²) in [5.74, 6) is -1.19. The lowest BCUT2D eigenvalue weighted by molar-refractivity contribution is -0.145. The van der Waals surface area contributed by atoms with Crippen LogP contribution in [0.25, 0.3) is 0 Å². The number of hydrogen-bond donors (Lipinski definition) is 1. The minimum atomic E-state index is -0.646. The van der Waals surface area contributed by atoms with E-state index in [1.165, 1.54) is 4.90 Å². The molecule has 0 saturated carbocycles. The molecule has 1 saturated heterocycles. The highest BCUT2D eigenvalue weighted by Gasteiger charge is 2.23. The number of amides is 2. The SMILES string of the molecule is Cc1ccc(Cl)cc1NC(=O)C(=O)N1CCOCC1. The summed E-state index contributed by atoms with van der Waals surface area (Å²) >= 11 is 5.87. The van der Waals surface area contributed by atoms with Gasteiger partial charge in [-0.2, -0.15) is 0 Å². The maximum Gasteiger partial charge on any atom is 0.313 e. The van der Waals surface area contributed by atoms with E-state index in [0.717, 1.165) is 5.56 Å². The number of benzene rings is 1. The number of halogens is 1. The van der Waals surface area contributed by atoms with E-state index >= 15 is 0 Å². The standard InChI is InChI=1S/C13H15ClN2O3/c1-9-2-3-10(14)8-11(9)15-12(17)13(18)16-4-6-19-7-5-16/h2-3,8H,4-7H2,1H3,(H,15,17). The molecule has 1 heterocycles. The van der Waals surface area contributed by atoms with Crippen molar-refractivity contribution in [1.82, 2.24) is 4.90 Å². The van der Waals surface area contributed by atoms with Crippen molar-refractivity contribution in [3.63, 3.8) is 0 Å². The number of morpholine rings is 1. The lowest BCUT2D eigenvalue weighted by atomic mass is 10.2. The minimum absolute atomic E-state index is 0.445. The monoisotopic (exact) mass is 282 g/mol. The highest BCUT2D eigenvalue weighted by Crippen LogP contribution is 2.20. The lowest BCUT2D eigenvalue weighted by Gasteiger charge is -2.26. The first-order valence-electron chi connectivity index (χ1n) is 6.02. The van der Waals surface area contributed by atoms with Gasteiger partial charge in [0, 0.05) is 23.8 Å². The lowest BCUT2D eigenvalue weighted by Crippen LogP contribution is -2.45. The Morgan fingerprint density at radius 2 is 2.00 bits per heavy atom. The fraction of sp³-hybridized carbons (Fsp3) is 0.385. The van der Waals surface area contributed by atoms with Crippen LogP contribution in [0.5, 0.6) is 0 Å². The zero-order valence-electron chi connectivity index (χ0n) is 10.6. The molecule has 0 unspecified atom stereocenters. The molecule has 1 aromatic rings. The topological polar surface area (TPSA) is 58.6 Å². The quantitative estimate of drug-likeness (QED) is 0.793. The van der Waals surface area contributed by atoms with Gasteiger partial charge >= 0.3 is 11.8 Å². The molecule has 1 fully saturated rings. The van der Waals surface area contributed by atoms with Gasteiger partial charge in [0.1, 0.15) is 0 Å².